The number of anilines is 1. The minimum atomic E-state index is 0.680. The van der Waals surface area contributed by atoms with Gasteiger partial charge in [0.05, 0.1) is 7.11 Å². The molecule has 0 spiro atoms. The average molecular weight is 176 g/mol. The molecule has 0 fully saturated rings. The van der Waals surface area contributed by atoms with Gasteiger partial charge in [-0.2, -0.15) is 0 Å². The Bertz CT molecular complexity index is 304. The second kappa shape index (κ2) is 5.04. The van der Waals surface area contributed by atoms with Crippen LogP contribution in [0.2, 0.25) is 0 Å². The van der Waals surface area contributed by atoms with E-state index in [9.17, 15) is 0 Å². The zero-order chi connectivity index (χ0) is 9.52. The van der Waals surface area contributed by atoms with Gasteiger partial charge in [0.1, 0.15) is 0 Å². The summed E-state index contributed by atoms with van der Waals surface area (Å²) in [6, 6.07) is 3.68. The van der Waals surface area contributed by atoms with Crippen molar-refractivity contribution < 1.29 is 4.74 Å². The van der Waals surface area contributed by atoms with E-state index in [2.05, 4.69) is 16.2 Å². The van der Waals surface area contributed by atoms with Crippen molar-refractivity contribution in [3.8, 4) is 18.1 Å². The highest BCUT2D eigenvalue weighted by molar-refractivity contribution is 5.49. The Labute approximate surface area is 78.1 Å². The van der Waals surface area contributed by atoms with E-state index in [-0.39, 0.29) is 0 Å². The maximum Gasteiger partial charge on any atom is 0.168 e. The number of nitrogens with one attached hydrogen (secondary N) is 1. The van der Waals surface area contributed by atoms with Crippen molar-refractivity contribution in [1.82, 2.24) is 4.98 Å². The zero-order valence-corrected chi connectivity index (χ0v) is 7.58. The third kappa shape index (κ3) is 2.68. The lowest BCUT2D eigenvalue weighted by Crippen LogP contribution is -2.03. The van der Waals surface area contributed by atoms with Gasteiger partial charge in [-0.3, -0.25) is 0 Å². The molecule has 0 saturated carbocycles. The van der Waals surface area contributed by atoms with Gasteiger partial charge >= 0.3 is 0 Å². The first-order chi connectivity index (χ1) is 6.38. The normalized spacial score (nSPS) is 8.92. The number of terminal acetylenes is 1. The molecule has 1 rings (SSSR count). The van der Waals surface area contributed by atoms with E-state index in [1.54, 1.807) is 13.3 Å². The zero-order valence-electron chi connectivity index (χ0n) is 7.58. The second-order valence-corrected chi connectivity index (χ2v) is 2.44. The molecule has 0 saturated heterocycles. The van der Waals surface area contributed by atoms with E-state index < -0.39 is 0 Å². The van der Waals surface area contributed by atoms with Crippen molar-refractivity contribution >= 4 is 5.82 Å². The third-order valence-corrected chi connectivity index (χ3v) is 1.55. The van der Waals surface area contributed by atoms with Gasteiger partial charge in [-0.15, -0.1) is 12.3 Å². The van der Waals surface area contributed by atoms with E-state index in [0.29, 0.717) is 13.0 Å². The smallest absolute Gasteiger partial charge is 0.168 e. The van der Waals surface area contributed by atoms with E-state index in [1.165, 1.54) is 0 Å². The van der Waals surface area contributed by atoms with Gasteiger partial charge < -0.3 is 10.1 Å². The molecular weight excluding hydrogens is 164 g/mol. The lowest BCUT2D eigenvalue weighted by molar-refractivity contribution is 0.415. The highest BCUT2D eigenvalue weighted by Gasteiger charge is 2.00. The van der Waals surface area contributed by atoms with Crippen LogP contribution in [0, 0.1) is 12.3 Å². The molecule has 1 N–H and O–H groups in total. The maximum atomic E-state index is 5.12. The van der Waals surface area contributed by atoms with Gasteiger partial charge in [-0.1, -0.05) is 0 Å². The summed E-state index contributed by atoms with van der Waals surface area (Å²) in [4.78, 5) is 4.12. The monoisotopic (exact) mass is 176 g/mol. The van der Waals surface area contributed by atoms with Crippen molar-refractivity contribution in [1.29, 1.82) is 0 Å². The topological polar surface area (TPSA) is 34.2 Å². The largest absolute Gasteiger partial charge is 0.493 e. The van der Waals surface area contributed by atoms with Crippen LogP contribution in [0.4, 0.5) is 5.82 Å². The van der Waals surface area contributed by atoms with Crippen LogP contribution in [0.15, 0.2) is 18.3 Å². The Morgan fingerprint density at radius 2 is 2.54 bits per heavy atom. The first kappa shape index (κ1) is 9.40. The predicted octanol–water partition coefficient (Wildman–Crippen LogP) is 1.53. The quantitative estimate of drug-likeness (QED) is 0.558. The highest BCUT2D eigenvalue weighted by atomic mass is 16.5. The van der Waals surface area contributed by atoms with Gasteiger partial charge in [0, 0.05) is 19.2 Å². The number of ether oxygens (including phenoxy) is 1. The Hall–Kier alpha value is -1.69. The molecule has 1 heterocycles. The highest BCUT2D eigenvalue weighted by Crippen LogP contribution is 2.19. The third-order valence-electron chi connectivity index (χ3n) is 1.55. The van der Waals surface area contributed by atoms with Gasteiger partial charge in [0.2, 0.25) is 0 Å². The number of methoxy groups -OCH3 is 1. The molecule has 68 valence electrons. The standard InChI is InChI=1S/C10H12N2O/c1-3-4-7-11-10-9(13-2)6-5-8-12-10/h1,5-6,8H,4,7H2,2H3,(H,11,12). The van der Waals surface area contributed by atoms with Crippen LogP contribution in [0.5, 0.6) is 5.75 Å². The summed E-state index contributed by atoms with van der Waals surface area (Å²) in [5.74, 6) is 4.02. The summed E-state index contributed by atoms with van der Waals surface area (Å²) in [6.07, 6.45) is 7.51. The molecule has 3 heteroatoms. The fraction of sp³-hybridized carbons (Fsp3) is 0.300. The van der Waals surface area contributed by atoms with Crippen molar-refractivity contribution in [3.05, 3.63) is 18.3 Å². The summed E-state index contributed by atoms with van der Waals surface area (Å²) in [5, 5.41) is 3.09. The minimum Gasteiger partial charge on any atom is -0.493 e. The molecule has 0 atom stereocenters. The lowest BCUT2D eigenvalue weighted by Gasteiger charge is -2.07. The molecular formula is C10H12N2O. The number of nitrogens with zero attached hydrogens (tertiary/aromatic N) is 1. The lowest BCUT2D eigenvalue weighted by atomic mass is 10.4. The van der Waals surface area contributed by atoms with Gasteiger partial charge in [0.15, 0.2) is 11.6 Å². The number of pyridine rings is 1. The molecule has 0 unspecified atom stereocenters. The average Bonchev–Trinajstić information content (AvgIpc) is 2.19. The summed E-state index contributed by atoms with van der Waals surface area (Å²) in [7, 11) is 1.61. The molecule has 0 aliphatic heterocycles. The molecule has 0 aromatic carbocycles. The number of rotatable bonds is 4. The molecule has 1 aromatic heterocycles. The molecule has 3 nitrogen and oxygen atoms in total. The molecule has 0 amide bonds. The Morgan fingerprint density at radius 1 is 1.69 bits per heavy atom. The summed E-state index contributed by atoms with van der Waals surface area (Å²) < 4.78 is 5.10. The van der Waals surface area contributed by atoms with Crippen molar-refractivity contribution in [2.24, 2.45) is 0 Å². The van der Waals surface area contributed by atoms with Crippen LogP contribution in [0.1, 0.15) is 6.42 Å². The number of hydrogen-bond donors (Lipinski definition) is 1. The predicted molar refractivity (Wildman–Crippen MR) is 52.7 cm³/mol. The van der Waals surface area contributed by atoms with E-state index in [1.807, 2.05) is 12.1 Å². The Morgan fingerprint density at radius 3 is 3.23 bits per heavy atom. The molecule has 0 aliphatic carbocycles. The maximum absolute atomic E-state index is 5.12. The van der Waals surface area contributed by atoms with Crippen LogP contribution in [0.25, 0.3) is 0 Å². The summed E-state index contributed by atoms with van der Waals surface area (Å²) >= 11 is 0. The van der Waals surface area contributed by atoms with Crippen LogP contribution < -0.4 is 10.1 Å². The number of aromatic nitrogens is 1. The SMILES string of the molecule is C#CCCNc1ncccc1OC. The molecule has 0 radical (unpaired) electrons. The number of hydrogen-bond acceptors (Lipinski definition) is 3. The van der Waals surface area contributed by atoms with Crippen LogP contribution in [-0.2, 0) is 0 Å². The van der Waals surface area contributed by atoms with Gasteiger partial charge in [-0.05, 0) is 12.1 Å². The first-order valence-corrected chi connectivity index (χ1v) is 4.05. The molecule has 0 bridgehead atoms. The summed E-state index contributed by atoms with van der Waals surface area (Å²) in [6.45, 7) is 0.712. The van der Waals surface area contributed by atoms with E-state index in [4.69, 9.17) is 11.2 Å². The molecule has 0 aliphatic rings. The van der Waals surface area contributed by atoms with Crippen molar-refractivity contribution in [3.63, 3.8) is 0 Å². The fourth-order valence-electron chi connectivity index (χ4n) is 0.941. The van der Waals surface area contributed by atoms with Gasteiger partial charge in [-0.25, -0.2) is 4.98 Å². The summed E-state index contributed by atoms with van der Waals surface area (Å²) in [5.41, 5.74) is 0. The second-order valence-electron chi connectivity index (χ2n) is 2.44. The van der Waals surface area contributed by atoms with Crippen molar-refractivity contribution in [2.45, 2.75) is 6.42 Å². The first-order valence-electron chi connectivity index (χ1n) is 4.05. The van der Waals surface area contributed by atoms with Gasteiger partial charge in [0.25, 0.3) is 0 Å². The van der Waals surface area contributed by atoms with Crippen LogP contribution >= 0.6 is 0 Å². The minimum absolute atomic E-state index is 0.680. The Kier molecular flexibility index (Phi) is 3.65. The van der Waals surface area contributed by atoms with E-state index >= 15 is 0 Å². The van der Waals surface area contributed by atoms with Crippen LogP contribution in [-0.4, -0.2) is 18.6 Å². The van der Waals surface area contributed by atoms with E-state index in [0.717, 1.165) is 11.6 Å². The molecule has 1 aromatic rings. The molecule has 13 heavy (non-hydrogen) atoms. The van der Waals surface area contributed by atoms with Crippen molar-refractivity contribution in [2.75, 3.05) is 19.0 Å². The van der Waals surface area contributed by atoms with Crippen LogP contribution in [0.3, 0.4) is 0 Å². The fourth-order valence-corrected chi connectivity index (χ4v) is 0.941. The Balaban J connectivity index is 2.60.